The summed E-state index contributed by atoms with van der Waals surface area (Å²) in [7, 11) is 3.84. The highest BCUT2D eigenvalue weighted by Crippen LogP contribution is 2.59. The third kappa shape index (κ3) is 3.99. The SMILES string of the molecule is C=C(N)C1=C(O)[C@@H](N(C)C)[C@@H]2C[C@@H]3Cc4c(CNC(=O)OCO)ccc(C)c4C(=C)C3=C(C)[C@]2(C)C1=[N-]. The van der Waals surface area contributed by atoms with Crippen molar-refractivity contribution in [1.82, 2.24) is 10.2 Å². The average Bonchev–Trinajstić information content (AvgIpc) is 2.80. The Morgan fingerprint density at radius 2 is 2.03 bits per heavy atom. The van der Waals surface area contributed by atoms with E-state index in [2.05, 4.69) is 30.1 Å². The van der Waals surface area contributed by atoms with Crippen LogP contribution < -0.4 is 11.1 Å². The lowest BCUT2D eigenvalue weighted by Gasteiger charge is -2.58. The number of amides is 1. The Bertz CT molecular complexity index is 1270. The summed E-state index contributed by atoms with van der Waals surface area (Å²) in [6.07, 6.45) is 0.775. The van der Waals surface area contributed by atoms with Crippen molar-refractivity contribution in [2.24, 2.45) is 23.0 Å². The predicted molar refractivity (Wildman–Crippen MR) is 146 cm³/mol. The fraction of sp³-hybridized carbons (Fsp3) is 0.448. The largest absolute Gasteiger partial charge is 0.806 e. The van der Waals surface area contributed by atoms with E-state index in [1.807, 2.05) is 45.0 Å². The number of benzene rings is 1. The second-order valence-electron chi connectivity index (χ2n) is 10.8. The van der Waals surface area contributed by atoms with Gasteiger partial charge in [-0.3, -0.25) is 4.90 Å². The van der Waals surface area contributed by atoms with Crippen LogP contribution in [0.1, 0.15) is 42.5 Å². The number of carbonyl (C=O) groups is 1. The topological polar surface area (TPSA) is 130 Å². The van der Waals surface area contributed by atoms with E-state index in [-0.39, 0.29) is 47.2 Å². The number of alkyl carbamates (subject to hydrolysis) is 1. The summed E-state index contributed by atoms with van der Waals surface area (Å²) in [6.45, 7) is 14.1. The molecule has 0 unspecified atom stereocenters. The van der Waals surface area contributed by atoms with E-state index in [4.69, 9.17) is 10.8 Å². The lowest BCUT2D eigenvalue weighted by Crippen LogP contribution is -2.56. The van der Waals surface area contributed by atoms with Gasteiger partial charge >= 0.3 is 6.09 Å². The molecule has 4 rings (SSSR count). The zero-order valence-corrected chi connectivity index (χ0v) is 22.3. The van der Waals surface area contributed by atoms with Crippen molar-refractivity contribution < 1.29 is 19.7 Å². The molecule has 0 spiro atoms. The van der Waals surface area contributed by atoms with Crippen LogP contribution in [-0.2, 0) is 17.7 Å². The molecule has 0 fully saturated rings. The van der Waals surface area contributed by atoms with Crippen LogP contribution in [-0.4, -0.2) is 53.8 Å². The van der Waals surface area contributed by atoms with E-state index in [0.29, 0.717) is 0 Å². The van der Waals surface area contributed by atoms with Gasteiger partial charge in [-0.2, -0.15) is 5.71 Å². The number of nitrogens with one attached hydrogen (secondary N) is 1. The zero-order chi connectivity index (χ0) is 27.4. The number of nitrogens with two attached hydrogens (primary N) is 1. The first kappa shape index (κ1) is 26.7. The predicted octanol–water partition coefficient (Wildman–Crippen LogP) is 3.94. The minimum absolute atomic E-state index is 0.0480. The van der Waals surface area contributed by atoms with Crippen molar-refractivity contribution in [3.63, 3.8) is 0 Å². The highest BCUT2D eigenvalue weighted by Gasteiger charge is 2.53. The molecule has 1 aromatic carbocycles. The standard InChI is InChI=1S/C29H37N4O4/c1-14-8-9-18(12-32-28(36)37-13-34)20-10-19-11-21-25(33(6)7)26(35)24(17(4)30)27(31)29(21,5)16(3)23(19)15(2)22(14)20/h8-9,19,21,25,34-35H,2,4,10-13,30H2,1,3,5-7H3,(H,32,36)/q-1/t19-,21-,25-,29-/m0/s1. The molecule has 5 N–H and O–H groups in total. The van der Waals surface area contributed by atoms with Crippen molar-refractivity contribution in [2.75, 3.05) is 20.9 Å². The summed E-state index contributed by atoms with van der Waals surface area (Å²) < 4.78 is 4.61. The van der Waals surface area contributed by atoms with Gasteiger partial charge in [0.25, 0.3) is 0 Å². The highest BCUT2D eigenvalue weighted by atomic mass is 16.6. The van der Waals surface area contributed by atoms with Crippen LogP contribution in [0.2, 0.25) is 0 Å². The Hall–Kier alpha value is -3.36. The molecule has 0 saturated carbocycles. The first-order valence-corrected chi connectivity index (χ1v) is 12.5. The van der Waals surface area contributed by atoms with E-state index in [1.54, 1.807) is 0 Å². The van der Waals surface area contributed by atoms with Gasteiger partial charge in [-0.15, -0.1) is 0 Å². The van der Waals surface area contributed by atoms with Crippen molar-refractivity contribution in [2.45, 2.75) is 46.2 Å². The normalized spacial score (nSPS) is 27.1. The molecule has 0 radical (unpaired) electrons. The first-order chi connectivity index (χ1) is 17.4. The lowest BCUT2D eigenvalue weighted by molar-refractivity contribution is 0.0441. The van der Waals surface area contributed by atoms with Crippen LogP contribution in [0.5, 0.6) is 0 Å². The second-order valence-corrected chi connectivity index (χ2v) is 10.8. The number of carbonyl (C=O) groups excluding carboxylic acids is 1. The number of aliphatic hydroxyl groups excluding tert-OH is 2. The molecule has 3 aliphatic carbocycles. The molecule has 4 atom stereocenters. The number of hydrogen-bond donors (Lipinski definition) is 4. The van der Waals surface area contributed by atoms with Crippen molar-refractivity contribution in [3.8, 4) is 0 Å². The molecule has 198 valence electrons. The number of fused-ring (bicyclic) bond motifs is 3. The van der Waals surface area contributed by atoms with Gasteiger partial charge < -0.3 is 31.4 Å². The molecule has 3 aliphatic rings. The maximum absolute atomic E-state index is 11.8. The molecule has 0 bridgehead atoms. The Kier molecular flexibility index (Phi) is 6.86. The van der Waals surface area contributed by atoms with Gasteiger partial charge in [-0.05, 0) is 91.4 Å². The summed E-state index contributed by atoms with van der Waals surface area (Å²) in [5.41, 5.74) is 13.0. The van der Waals surface area contributed by atoms with E-state index < -0.39 is 18.3 Å². The van der Waals surface area contributed by atoms with E-state index in [1.165, 1.54) is 0 Å². The highest BCUT2D eigenvalue weighted by molar-refractivity contribution is 6.13. The summed E-state index contributed by atoms with van der Waals surface area (Å²) in [5, 5.41) is 34.4. The summed E-state index contributed by atoms with van der Waals surface area (Å²) in [6, 6.07) is 3.67. The lowest BCUT2D eigenvalue weighted by atomic mass is 9.51. The van der Waals surface area contributed by atoms with Gasteiger partial charge in [-0.25, -0.2) is 4.79 Å². The second kappa shape index (κ2) is 9.50. The molecular weight excluding hydrogens is 468 g/mol. The van der Waals surface area contributed by atoms with E-state index >= 15 is 0 Å². The maximum Gasteiger partial charge on any atom is 0.409 e. The molecule has 8 heteroatoms. The van der Waals surface area contributed by atoms with Crippen LogP contribution in [0.25, 0.3) is 11.0 Å². The quantitative estimate of drug-likeness (QED) is 0.449. The number of aliphatic hydroxyl groups is 2. The third-order valence-electron chi connectivity index (χ3n) is 8.71. The van der Waals surface area contributed by atoms with Crippen LogP contribution in [0.3, 0.4) is 0 Å². The average molecular weight is 506 g/mol. The Balaban J connectivity index is 1.85. The molecule has 0 aliphatic heterocycles. The van der Waals surface area contributed by atoms with Crippen LogP contribution in [0.15, 0.2) is 53.5 Å². The third-order valence-corrected chi connectivity index (χ3v) is 8.71. The molecule has 37 heavy (non-hydrogen) atoms. The van der Waals surface area contributed by atoms with Crippen LogP contribution in [0, 0.1) is 24.2 Å². The van der Waals surface area contributed by atoms with Gasteiger partial charge in [0.2, 0.25) is 0 Å². The van der Waals surface area contributed by atoms with Gasteiger partial charge in [0, 0.05) is 17.8 Å². The van der Waals surface area contributed by atoms with E-state index in [0.717, 1.165) is 51.8 Å². The smallest absolute Gasteiger partial charge is 0.409 e. The Morgan fingerprint density at radius 1 is 1.35 bits per heavy atom. The number of nitrogens with zero attached hydrogens (tertiary/aromatic N) is 2. The zero-order valence-electron chi connectivity index (χ0n) is 22.3. The maximum atomic E-state index is 11.8. The molecule has 1 aromatic rings. The van der Waals surface area contributed by atoms with Crippen molar-refractivity contribution in [1.29, 1.82) is 0 Å². The number of ether oxygens (including phenoxy) is 1. The minimum atomic E-state index is -0.758. The first-order valence-electron chi connectivity index (χ1n) is 12.5. The number of hydrogen-bond acceptors (Lipinski definition) is 6. The van der Waals surface area contributed by atoms with Gasteiger partial charge in [-0.1, -0.05) is 37.8 Å². The number of likely N-dealkylation sites (N-methyl/N-ethyl adjacent to an activating group) is 1. The fourth-order valence-electron chi connectivity index (χ4n) is 6.91. The van der Waals surface area contributed by atoms with Gasteiger partial charge in [0.1, 0.15) is 5.76 Å². The molecule has 8 nitrogen and oxygen atoms in total. The number of aryl methyl sites for hydroxylation is 1. The van der Waals surface area contributed by atoms with Crippen LogP contribution in [0.4, 0.5) is 4.79 Å². The van der Waals surface area contributed by atoms with Crippen LogP contribution >= 0.6 is 0 Å². The van der Waals surface area contributed by atoms with Crippen molar-refractivity contribution in [3.05, 3.63) is 81.1 Å². The molecule has 1 amide bonds. The van der Waals surface area contributed by atoms with Gasteiger partial charge in [0.05, 0.1) is 6.04 Å². The summed E-state index contributed by atoms with van der Waals surface area (Å²) >= 11 is 0. The fourth-order valence-corrected chi connectivity index (χ4v) is 6.91. The number of rotatable bonds is 5. The molecule has 0 aromatic heterocycles. The Labute approximate surface area is 218 Å². The molecule has 0 heterocycles. The molecular formula is C29H37N4O4-. The minimum Gasteiger partial charge on any atom is -0.806 e. The van der Waals surface area contributed by atoms with Crippen molar-refractivity contribution >= 4 is 17.4 Å². The summed E-state index contributed by atoms with van der Waals surface area (Å²) in [4.78, 5) is 13.8. The van der Waals surface area contributed by atoms with E-state index in [9.17, 15) is 15.3 Å². The monoisotopic (exact) mass is 505 g/mol. The summed E-state index contributed by atoms with van der Waals surface area (Å²) in [5.74, 6) is 0.0557. The Morgan fingerprint density at radius 3 is 2.62 bits per heavy atom. The number of allylic oxidation sites excluding steroid dienone is 4. The molecule has 0 saturated heterocycles. The van der Waals surface area contributed by atoms with Gasteiger partial charge in [0.15, 0.2) is 6.79 Å².